The minimum atomic E-state index is -0.568. The van der Waals surface area contributed by atoms with Crippen LogP contribution in [0.25, 0.3) is 0 Å². The van der Waals surface area contributed by atoms with E-state index in [-0.39, 0.29) is 11.8 Å². The molecule has 1 fully saturated rings. The number of carbonyl (C=O) groups is 2. The summed E-state index contributed by atoms with van der Waals surface area (Å²) in [5.74, 6) is 0.774. The summed E-state index contributed by atoms with van der Waals surface area (Å²) in [5, 5.41) is 0. The summed E-state index contributed by atoms with van der Waals surface area (Å²) in [6, 6.07) is 10.6. The summed E-state index contributed by atoms with van der Waals surface area (Å²) in [6.45, 7) is 4.61. The fraction of sp³-hybridized carbons (Fsp3) is 0.462. The maximum absolute atomic E-state index is 14.0. The molecule has 0 radical (unpaired) electrons. The predicted molar refractivity (Wildman–Crippen MR) is 127 cm³/mol. The van der Waals surface area contributed by atoms with Crippen LogP contribution in [0.5, 0.6) is 17.2 Å². The van der Waals surface area contributed by atoms with E-state index in [0.717, 1.165) is 17.5 Å². The lowest BCUT2D eigenvalue weighted by Gasteiger charge is -2.44. The van der Waals surface area contributed by atoms with E-state index in [2.05, 4.69) is 0 Å². The van der Waals surface area contributed by atoms with Crippen LogP contribution in [0.4, 0.5) is 0 Å². The topological polar surface area (TPSA) is 77.5 Å². The van der Waals surface area contributed by atoms with E-state index in [1.165, 1.54) is 0 Å². The standard InChI is InChI=1S/C26H32N2O6/c1-5-10-28-23(17-15-20(31-2)24(33-4)21(16-17)32-3)22(26(30)27-11-13-34-14-12-27)18-8-6-7-9-19(18)25(28)29/h6-9,15-16,22-23H,5,10-14H2,1-4H3/t22-,23+/m0/s1. The second-order valence-electron chi connectivity index (χ2n) is 8.40. The van der Waals surface area contributed by atoms with Crippen molar-refractivity contribution in [2.75, 3.05) is 54.2 Å². The van der Waals surface area contributed by atoms with Gasteiger partial charge in [0.1, 0.15) is 0 Å². The van der Waals surface area contributed by atoms with Crippen LogP contribution >= 0.6 is 0 Å². The summed E-state index contributed by atoms with van der Waals surface area (Å²) in [6.07, 6.45) is 0.757. The van der Waals surface area contributed by atoms with Gasteiger partial charge in [-0.15, -0.1) is 0 Å². The Bertz CT molecular complexity index is 1020. The number of nitrogens with zero attached hydrogens (tertiary/aromatic N) is 2. The summed E-state index contributed by atoms with van der Waals surface area (Å²) in [5.41, 5.74) is 2.08. The number of hydrogen-bond donors (Lipinski definition) is 0. The zero-order valence-corrected chi connectivity index (χ0v) is 20.2. The fourth-order valence-electron chi connectivity index (χ4n) is 4.97. The van der Waals surface area contributed by atoms with Gasteiger partial charge in [0.15, 0.2) is 11.5 Å². The third kappa shape index (κ3) is 4.18. The first-order valence-electron chi connectivity index (χ1n) is 11.6. The van der Waals surface area contributed by atoms with E-state index in [9.17, 15) is 9.59 Å². The maximum Gasteiger partial charge on any atom is 0.254 e. The SMILES string of the molecule is CCCN1C(=O)c2ccccc2[C@H](C(=O)N2CCOCC2)[C@H]1c1cc(OC)c(OC)c(OC)c1. The number of ether oxygens (including phenoxy) is 4. The second kappa shape index (κ2) is 10.3. The molecular weight excluding hydrogens is 436 g/mol. The molecule has 0 N–H and O–H groups in total. The highest BCUT2D eigenvalue weighted by atomic mass is 16.5. The number of methoxy groups -OCH3 is 3. The number of carbonyl (C=O) groups excluding carboxylic acids is 2. The van der Waals surface area contributed by atoms with Crippen LogP contribution in [0.3, 0.4) is 0 Å². The molecule has 34 heavy (non-hydrogen) atoms. The van der Waals surface area contributed by atoms with E-state index < -0.39 is 12.0 Å². The van der Waals surface area contributed by atoms with Crippen LogP contribution < -0.4 is 14.2 Å². The Morgan fingerprint density at radius 2 is 1.68 bits per heavy atom. The van der Waals surface area contributed by atoms with Gasteiger partial charge in [-0.05, 0) is 35.7 Å². The van der Waals surface area contributed by atoms with Crippen molar-refractivity contribution in [1.29, 1.82) is 0 Å². The van der Waals surface area contributed by atoms with Gasteiger partial charge in [-0.1, -0.05) is 25.1 Å². The van der Waals surface area contributed by atoms with Gasteiger partial charge in [0.2, 0.25) is 11.7 Å². The predicted octanol–water partition coefficient (Wildman–Crippen LogP) is 3.26. The van der Waals surface area contributed by atoms with E-state index in [1.54, 1.807) is 21.3 Å². The molecule has 0 unspecified atom stereocenters. The van der Waals surface area contributed by atoms with Crippen LogP contribution in [-0.4, -0.2) is 75.8 Å². The highest BCUT2D eigenvalue weighted by Gasteiger charge is 2.45. The average Bonchev–Trinajstić information content (AvgIpc) is 2.89. The quantitative estimate of drug-likeness (QED) is 0.621. The Balaban J connectivity index is 1.92. The van der Waals surface area contributed by atoms with Crippen LogP contribution in [0.1, 0.15) is 46.8 Å². The van der Waals surface area contributed by atoms with Crippen molar-refractivity contribution in [3.05, 3.63) is 53.1 Å². The number of morpholine rings is 1. The summed E-state index contributed by atoms with van der Waals surface area (Å²) < 4.78 is 22.2. The van der Waals surface area contributed by atoms with Gasteiger partial charge in [-0.2, -0.15) is 0 Å². The minimum Gasteiger partial charge on any atom is -0.493 e. The Kier molecular flexibility index (Phi) is 7.26. The molecule has 0 aromatic heterocycles. The third-order valence-electron chi connectivity index (χ3n) is 6.52. The molecule has 2 aliphatic rings. The molecule has 2 atom stereocenters. The molecule has 0 bridgehead atoms. The molecule has 0 spiro atoms. The lowest BCUT2D eigenvalue weighted by Crippen LogP contribution is -2.50. The number of hydrogen-bond acceptors (Lipinski definition) is 6. The van der Waals surface area contributed by atoms with Gasteiger partial charge in [0, 0.05) is 25.2 Å². The Labute approximate surface area is 200 Å². The highest BCUT2D eigenvalue weighted by Crippen LogP contribution is 2.48. The van der Waals surface area contributed by atoms with Crippen molar-refractivity contribution < 1.29 is 28.5 Å². The molecule has 2 aromatic rings. The summed E-state index contributed by atoms with van der Waals surface area (Å²) in [4.78, 5) is 31.3. The molecular formula is C26H32N2O6. The Morgan fingerprint density at radius 1 is 1.03 bits per heavy atom. The van der Waals surface area contributed by atoms with Gasteiger partial charge in [0.05, 0.1) is 46.5 Å². The zero-order valence-electron chi connectivity index (χ0n) is 20.2. The Morgan fingerprint density at radius 3 is 2.26 bits per heavy atom. The summed E-state index contributed by atoms with van der Waals surface area (Å²) >= 11 is 0. The first-order valence-corrected chi connectivity index (χ1v) is 11.6. The fourth-order valence-corrected chi connectivity index (χ4v) is 4.97. The first kappa shape index (κ1) is 23.9. The van der Waals surface area contributed by atoms with Crippen molar-refractivity contribution in [3.8, 4) is 17.2 Å². The van der Waals surface area contributed by atoms with Gasteiger partial charge >= 0.3 is 0 Å². The normalized spacial score (nSPS) is 20.1. The van der Waals surface area contributed by atoms with Gasteiger partial charge < -0.3 is 28.7 Å². The van der Waals surface area contributed by atoms with E-state index in [1.807, 2.05) is 53.1 Å². The number of amides is 2. The second-order valence-corrected chi connectivity index (χ2v) is 8.40. The Hall–Kier alpha value is -3.26. The number of rotatable bonds is 7. The van der Waals surface area contributed by atoms with Crippen molar-refractivity contribution in [3.63, 3.8) is 0 Å². The lowest BCUT2D eigenvalue weighted by atomic mass is 9.78. The minimum absolute atomic E-state index is 0.0110. The first-order chi connectivity index (χ1) is 16.5. The summed E-state index contributed by atoms with van der Waals surface area (Å²) in [7, 11) is 4.67. The van der Waals surface area contributed by atoms with Crippen LogP contribution in [0.2, 0.25) is 0 Å². The molecule has 2 aromatic carbocycles. The monoisotopic (exact) mass is 468 g/mol. The zero-order chi connectivity index (χ0) is 24.2. The van der Waals surface area contributed by atoms with Gasteiger partial charge in [-0.3, -0.25) is 9.59 Å². The lowest BCUT2D eigenvalue weighted by molar-refractivity contribution is -0.138. The van der Waals surface area contributed by atoms with Crippen LogP contribution in [0.15, 0.2) is 36.4 Å². The van der Waals surface area contributed by atoms with Crippen LogP contribution in [0, 0.1) is 0 Å². The van der Waals surface area contributed by atoms with Gasteiger partial charge in [0.25, 0.3) is 5.91 Å². The molecule has 2 aliphatic heterocycles. The molecule has 4 rings (SSSR count). The highest BCUT2D eigenvalue weighted by molar-refractivity contribution is 6.01. The van der Waals surface area contributed by atoms with Crippen molar-refractivity contribution >= 4 is 11.8 Å². The third-order valence-corrected chi connectivity index (χ3v) is 6.52. The molecule has 0 saturated carbocycles. The molecule has 1 saturated heterocycles. The van der Waals surface area contributed by atoms with Crippen molar-refractivity contribution in [2.24, 2.45) is 0 Å². The number of fused-ring (bicyclic) bond motifs is 1. The molecule has 2 heterocycles. The van der Waals surface area contributed by atoms with Gasteiger partial charge in [-0.25, -0.2) is 0 Å². The van der Waals surface area contributed by atoms with E-state index >= 15 is 0 Å². The molecule has 8 nitrogen and oxygen atoms in total. The largest absolute Gasteiger partial charge is 0.493 e. The smallest absolute Gasteiger partial charge is 0.254 e. The number of benzene rings is 2. The molecule has 0 aliphatic carbocycles. The molecule has 8 heteroatoms. The average molecular weight is 469 g/mol. The van der Waals surface area contributed by atoms with Crippen molar-refractivity contribution in [2.45, 2.75) is 25.3 Å². The molecule has 2 amide bonds. The van der Waals surface area contributed by atoms with Crippen molar-refractivity contribution in [1.82, 2.24) is 9.80 Å². The van der Waals surface area contributed by atoms with E-state index in [4.69, 9.17) is 18.9 Å². The van der Waals surface area contributed by atoms with E-state index in [0.29, 0.717) is 55.7 Å². The van der Waals surface area contributed by atoms with Crippen LogP contribution in [-0.2, 0) is 9.53 Å². The maximum atomic E-state index is 14.0. The molecule has 182 valence electrons.